The molecule has 92 valence electrons. The smallest absolute Gasteiger partial charge is 0.241 e. The first-order valence-electron chi connectivity index (χ1n) is 5.82. The van der Waals surface area contributed by atoms with Crippen molar-refractivity contribution >= 4 is 17.7 Å². The lowest BCUT2D eigenvalue weighted by Crippen LogP contribution is -2.60. The second-order valence-electron chi connectivity index (χ2n) is 4.88. The minimum absolute atomic E-state index is 0.0290. The molecule has 2 rings (SSSR count). The van der Waals surface area contributed by atoms with Gasteiger partial charge in [-0.25, -0.2) is 0 Å². The fourth-order valence-electron chi connectivity index (χ4n) is 2.68. The van der Waals surface area contributed by atoms with Gasteiger partial charge in [-0.15, -0.1) is 11.8 Å². The highest BCUT2D eigenvalue weighted by Crippen LogP contribution is 2.46. The summed E-state index contributed by atoms with van der Waals surface area (Å²) in [6.07, 6.45) is 1.44. The number of hydrogen-bond donors (Lipinski definition) is 2. The number of hydrogen-bond acceptors (Lipinski definition) is 4. The molecule has 2 heterocycles. The molecule has 1 unspecified atom stereocenters. The van der Waals surface area contributed by atoms with Gasteiger partial charge >= 0.3 is 0 Å². The summed E-state index contributed by atoms with van der Waals surface area (Å²) in [5.41, 5.74) is 0. The number of thioether (sulfide) groups is 1. The number of piperidine rings is 1. The maximum absolute atomic E-state index is 12.3. The molecule has 0 bridgehead atoms. The highest BCUT2D eigenvalue weighted by molar-refractivity contribution is 8.00. The Morgan fingerprint density at radius 1 is 1.69 bits per heavy atom. The van der Waals surface area contributed by atoms with Crippen molar-refractivity contribution < 1.29 is 9.90 Å². The lowest BCUT2D eigenvalue weighted by atomic mass is 9.95. The number of carbonyl (C=O) groups is 1. The van der Waals surface area contributed by atoms with Gasteiger partial charge in [-0.3, -0.25) is 4.79 Å². The summed E-state index contributed by atoms with van der Waals surface area (Å²) in [6, 6.07) is -0.105. The molecule has 4 atom stereocenters. The molecule has 5 heteroatoms. The maximum atomic E-state index is 12.3. The van der Waals surface area contributed by atoms with Crippen molar-refractivity contribution in [3.05, 3.63) is 0 Å². The van der Waals surface area contributed by atoms with E-state index < -0.39 is 6.10 Å². The number of amides is 1. The van der Waals surface area contributed by atoms with Crippen molar-refractivity contribution in [2.75, 3.05) is 12.8 Å². The highest BCUT2D eigenvalue weighted by atomic mass is 32.2. The molecular formula is C11H20N2O2S. The van der Waals surface area contributed by atoms with Gasteiger partial charge in [-0.05, 0) is 33.7 Å². The molecule has 2 fully saturated rings. The van der Waals surface area contributed by atoms with Crippen LogP contribution in [0.2, 0.25) is 0 Å². The van der Waals surface area contributed by atoms with Crippen LogP contribution in [-0.4, -0.2) is 51.8 Å². The molecule has 0 aromatic rings. The molecule has 0 aromatic heterocycles. The topological polar surface area (TPSA) is 52.6 Å². The fourth-order valence-corrected chi connectivity index (χ4v) is 4.26. The third kappa shape index (κ3) is 1.75. The van der Waals surface area contributed by atoms with Gasteiger partial charge in [0.15, 0.2) is 0 Å². The first-order chi connectivity index (χ1) is 7.49. The maximum Gasteiger partial charge on any atom is 0.241 e. The summed E-state index contributed by atoms with van der Waals surface area (Å²) in [5, 5.41) is 12.8. The van der Waals surface area contributed by atoms with E-state index in [1.54, 1.807) is 18.7 Å². The van der Waals surface area contributed by atoms with Gasteiger partial charge in [0.05, 0.1) is 23.1 Å². The van der Waals surface area contributed by atoms with Crippen LogP contribution in [0.3, 0.4) is 0 Å². The number of aliphatic hydroxyl groups excluding tert-OH is 1. The number of nitrogens with one attached hydrogen (secondary N) is 1. The predicted molar refractivity (Wildman–Crippen MR) is 65.3 cm³/mol. The molecule has 2 saturated heterocycles. The molecule has 0 aromatic carbocycles. The van der Waals surface area contributed by atoms with Crippen LogP contribution in [0.25, 0.3) is 0 Å². The van der Waals surface area contributed by atoms with Gasteiger partial charge in [0.25, 0.3) is 0 Å². The Hall–Kier alpha value is -0.260. The van der Waals surface area contributed by atoms with E-state index in [1.807, 2.05) is 11.9 Å². The van der Waals surface area contributed by atoms with Crippen LogP contribution in [-0.2, 0) is 4.79 Å². The van der Waals surface area contributed by atoms with E-state index in [0.717, 1.165) is 18.6 Å². The van der Waals surface area contributed by atoms with E-state index in [-0.39, 0.29) is 22.9 Å². The van der Waals surface area contributed by atoms with Crippen LogP contribution in [0.5, 0.6) is 0 Å². The molecule has 0 radical (unpaired) electrons. The van der Waals surface area contributed by atoms with Gasteiger partial charge in [0.2, 0.25) is 5.91 Å². The minimum atomic E-state index is -0.450. The molecule has 16 heavy (non-hydrogen) atoms. The van der Waals surface area contributed by atoms with Gasteiger partial charge < -0.3 is 15.3 Å². The minimum Gasteiger partial charge on any atom is -0.391 e. The first kappa shape index (κ1) is 12.2. The van der Waals surface area contributed by atoms with Crippen molar-refractivity contribution in [3.8, 4) is 0 Å². The standard InChI is InChI=1S/C11H20N2O2S/c1-7(14)9-6-16-11(2)5-4-8(12-3)10(15)13(9)11/h7-9,12,14H,4-6H2,1-3H3/t7-,8+,9?,11+/m0/s1. The number of likely N-dealkylation sites (N-methyl/N-ethyl adjacent to an activating group) is 1. The number of carbonyl (C=O) groups excluding carboxylic acids is 1. The Morgan fingerprint density at radius 3 is 2.94 bits per heavy atom. The van der Waals surface area contributed by atoms with Gasteiger partial charge in [-0.1, -0.05) is 0 Å². The summed E-state index contributed by atoms with van der Waals surface area (Å²) >= 11 is 1.80. The molecule has 0 saturated carbocycles. The van der Waals surface area contributed by atoms with E-state index in [9.17, 15) is 9.90 Å². The molecular weight excluding hydrogens is 224 g/mol. The first-order valence-corrected chi connectivity index (χ1v) is 6.80. The number of nitrogens with zero attached hydrogens (tertiary/aromatic N) is 1. The Balaban J connectivity index is 2.25. The molecule has 4 nitrogen and oxygen atoms in total. The van der Waals surface area contributed by atoms with Crippen molar-refractivity contribution in [1.82, 2.24) is 10.2 Å². The molecule has 0 aliphatic carbocycles. The lowest BCUT2D eigenvalue weighted by Gasteiger charge is -2.44. The summed E-state index contributed by atoms with van der Waals surface area (Å²) in [6.45, 7) is 3.89. The largest absolute Gasteiger partial charge is 0.391 e. The van der Waals surface area contributed by atoms with Gasteiger partial charge in [-0.2, -0.15) is 0 Å². The molecule has 0 spiro atoms. The summed E-state index contributed by atoms with van der Waals surface area (Å²) in [7, 11) is 1.83. The Bertz CT molecular complexity index is 298. The Labute approximate surface area is 101 Å². The van der Waals surface area contributed by atoms with Crippen molar-refractivity contribution in [3.63, 3.8) is 0 Å². The summed E-state index contributed by atoms with van der Waals surface area (Å²) < 4.78 is 0. The van der Waals surface area contributed by atoms with E-state index in [0.29, 0.717) is 0 Å². The van der Waals surface area contributed by atoms with E-state index in [2.05, 4.69) is 12.2 Å². The summed E-state index contributed by atoms with van der Waals surface area (Å²) in [4.78, 5) is 14.1. The second kappa shape index (κ2) is 4.20. The van der Waals surface area contributed by atoms with Crippen LogP contribution < -0.4 is 5.32 Å². The molecule has 2 aliphatic rings. The van der Waals surface area contributed by atoms with E-state index >= 15 is 0 Å². The quantitative estimate of drug-likeness (QED) is 0.739. The van der Waals surface area contributed by atoms with Crippen molar-refractivity contribution in [1.29, 1.82) is 0 Å². The van der Waals surface area contributed by atoms with Gasteiger partial charge in [0.1, 0.15) is 0 Å². The van der Waals surface area contributed by atoms with Crippen LogP contribution in [0.1, 0.15) is 26.7 Å². The van der Waals surface area contributed by atoms with Crippen LogP contribution in [0.15, 0.2) is 0 Å². The van der Waals surface area contributed by atoms with Gasteiger partial charge in [0, 0.05) is 5.75 Å². The SMILES string of the molecule is CN[C@@H]1CC[C@@]2(C)SCC([C@H](C)O)N2C1=O. The fraction of sp³-hybridized carbons (Fsp3) is 0.909. The number of fused-ring (bicyclic) bond motifs is 1. The summed E-state index contributed by atoms with van der Waals surface area (Å²) in [5.74, 6) is 0.989. The Kier molecular flexibility index (Phi) is 3.20. The van der Waals surface area contributed by atoms with Crippen molar-refractivity contribution in [2.45, 2.75) is 49.7 Å². The third-order valence-electron chi connectivity index (χ3n) is 3.74. The van der Waals surface area contributed by atoms with E-state index in [1.165, 1.54) is 0 Å². The Morgan fingerprint density at radius 2 is 2.38 bits per heavy atom. The number of aliphatic hydroxyl groups is 1. The lowest BCUT2D eigenvalue weighted by molar-refractivity contribution is -0.144. The molecule has 1 amide bonds. The average Bonchev–Trinajstić information content (AvgIpc) is 2.57. The molecule has 2 aliphatic heterocycles. The predicted octanol–water partition coefficient (Wildman–Crippen LogP) is 0.409. The number of rotatable bonds is 2. The van der Waals surface area contributed by atoms with Crippen LogP contribution >= 0.6 is 11.8 Å². The zero-order chi connectivity index (χ0) is 11.9. The second-order valence-corrected chi connectivity index (χ2v) is 6.38. The monoisotopic (exact) mass is 244 g/mol. The average molecular weight is 244 g/mol. The van der Waals surface area contributed by atoms with Crippen LogP contribution in [0, 0.1) is 0 Å². The third-order valence-corrected chi connectivity index (χ3v) is 5.27. The zero-order valence-electron chi connectivity index (χ0n) is 10.1. The normalized spacial score (nSPS) is 41.0. The van der Waals surface area contributed by atoms with E-state index in [4.69, 9.17) is 0 Å². The molecule has 2 N–H and O–H groups in total. The zero-order valence-corrected chi connectivity index (χ0v) is 10.9. The van der Waals surface area contributed by atoms with Crippen LogP contribution in [0.4, 0.5) is 0 Å². The highest BCUT2D eigenvalue weighted by Gasteiger charge is 2.52. The van der Waals surface area contributed by atoms with Crippen molar-refractivity contribution in [2.24, 2.45) is 0 Å².